The van der Waals surface area contributed by atoms with Gasteiger partial charge in [0.15, 0.2) is 0 Å². The van der Waals surface area contributed by atoms with Gasteiger partial charge >= 0.3 is 0 Å². The lowest BCUT2D eigenvalue weighted by Gasteiger charge is -2.29. The summed E-state index contributed by atoms with van der Waals surface area (Å²) in [6, 6.07) is 3.76. The Morgan fingerprint density at radius 2 is 2.39 bits per heavy atom. The number of nitriles is 1. The molecule has 0 aliphatic carbocycles. The fourth-order valence-corrected chi connectivity index (χ4v) is 2.40. The summed E-state index contributed by atoms with van der Waals surface area (Å²) in [4.78, 5) is 10.7. The van der Waals surface area contributed by atoms with Gasteiger partial charge in [0.05, 0.1) is 0 Å². The fraction of sp³-hybridized carbons (Fsp3) is 0.615. The first-order valence-corrected chi connectivity index (χ1v) is 6.35. The highest BCUT2D eigenvalue weighted by atomic mass is 15.1. The summed E-state index contributed by atoms with van der Waals surface area (Å²) in [5.74, 6) is 2.05. The summed E-state index contributed by atoms with van der Waals surface area (Å²) in [5, 5.41) is 12.2. The van der Waals surface area contributed by atoms with Gasteiger partial charge in [-0.25, -0.2) is 9.97 Å². The molecule has 2 rings (SSSR count). The lowest BCUT2D eigenvalue weighted by molar-refractivity contribution is 0.217. The summed E-state index contributed by atoms with van der Waals surface area (Å²) in [7, 11) is 2.16. The lowest BCUT2D eigenvalue weighted by atomic mass is 9.98. The smallest absolute Gasteiger partial charge is 0.146 e. The van der Waals surface area contributed by atoms with Crippen molar-refractivity contribution in [3.05, 3.63) is 17.6 Å². The molecular formula is C13H19N5. The average molecular weight is 245 g/mol. The number of nitrogens with zero attached hydrogens (tertiary/aromatic N) is 4. The highest BCUT2D eigenvalue weighted by molar-refractivity contribution is 5.39. The molecule has 5 heteroatoms. The van der Waals surface area contributed by atoms with Crippen molar-refractivity contribution in [3.8, 4) is 6.07 Å². The van der Waals surface area contributed by atoms with E-state index in [1.54, 1.807) is 13.0 Å². The second kappa shape index (κ2) is 5.78. The number of hydrogen-bond donors (Lipinski definition) is 1. The molecule has 0 saturated carbocycles. The van der Waals surface area contributed by atoms with E-state index in [2.05, 4.69) is 33.3 Å². The molecule has 0 bridgehead atoms. The van der Waals surface area contributed by atoms with E-state index in [4.69, 9.17) is 5.26 Å². The van der Waals surface area contributed by atoms with Crippen LogP contribution in [-0.4, -0.2) is 41.5 Å². The zero-order valence-corrected chi connectivity index (χ0v) is 11.0. The lowest BCUT2D eigenvalue weighted by Crippen LogP contribution is -2.35. The van der Waals surface area contributed by atoms with Gasteiger partial charge in [0.1, 0.15) is 23.4 Å². The first-order valence-electron chi connectivity index (χ1n) is 6.35. The van der Waals surface area contributed by atoms with Gasteiger partial charge < -0.3 is 10.2 Å². The summed E-state index contributed by atoms with van der Waals surface area (Å²) in [6.07, 6.45) is 2.52. The van der Waals surface area contributed by atoms with Crippen LogP contribution in [0.4, 0.5) is 5.82 Å². The van der Waals surface area contributed by atoms with Crippen molar-refractivity contribution in [2.75, 3.05) is 32.0 Å². The van der Waals surface area contributed by atoms with Gasteiger partial charge in [0, 0.05) is 19.2 Å². The van der Waals surface area contributed by atoms with Crippen LogP contribution < -0.4 is 5.32 Å². The van der Waals surface area contributed by atoms with E-state index in [-0.39, 0.29) is 0 Å². The molecule has 5 nitrogen and oxygen atoms in total. The van der Waals surface area contributed by atoms with Crippen molar-refractivity contribution in [2.24, 2.45) is 5.92 Å². The fourth-order valence-electron chi connectivity index (χ4n) is 2.40. The summed E-state index contributed by atoms with van der Waals surface area (Å²) in [5.41, 5.74) is 0.422. The highest BCUT2D eigenvalue weighted by Gasteiger charge is 2.16. The van der Waals surface area contributed by atoms with Crippen molar-refractivity contribution in [2.45, 2.75) is 19.8 Å². The summed E-state index contributed by atoms with van der Waals surface area (Å²) < 4.78 is 0. The molecule has 2 heterocycles. The van der Waals surface area contributed by atoms with Gasteiger partial charge in [-0.2, -0.15) is 5.26 Å². The van der Waals surface area contributed by atoms with Crippen LogP contribution in [0.25, 0.3) is 0 Å². The number of piperidine rings is 1. The van der Waals surface area contributed by atoms with Crippen LogP contribution in [0.5, 0.6) is 0 Å². The Labute approximate surface area is 108 Å². The number of aromatic nitrogens is 2. The normalized spacial score (nSPS) is 20.4. The molecule has 0 radical (unpaired) electrons. The molecule has 1 saturated heterocycles. The third-order valence-electron chi connectivity index (χ3n) is 3.25. The molecule has 0 aromatic carbocycles. The van der Waals surface area contributed by atoms with Crippen LogP contribution in [0.15, 0.2) is 6.07 Å². The molecule has 18 heavy (non-hydrogen) atoms. The van der Waals surface area contributed by atoms with Crippen LogP contribution >= 0.6 is 0 Å². The molecule has 1 unspecified atom stereocenters. The number of rotatable bonds is 3. The van der Waals surface area contributed by atoms with Crippen molar-refractivity contribution >= 4 is 5.82 Å². The maximum Gasteiger partial charge on any atom is 0.146 e. The third kappa shape index (κ3) is 3.41. The Hall–Kier alpha value is -1.67. The zero-order valence-electron chi connectivity index (χ0n) is 11.0. The van der Waals surface area contributed by atoms with Gasteiger partial charge in [-0.15, -0.1) is 0 Å². The molecule has 1 aromatic heterocycles. The molecule has 1 N–H and O–H groups in total. The number of aryl methyl sites for hydroxylation is 1. The van der Waals surface area contributed by atoms with E-state index in [9.17, 15) is 0 Å². The van der Waals surface area contributed by atoms with Crippen LogP contribution in [0, 0.1) is 24.2 Å². The van der Waals surface area contributed by atoms with Gasteiger partial charge in [0.25, 0.3) is 0 Å². The first-order chi connectivity index (χ1) is 8.67. The second-order valence-electron chi connectivity index (χ2n) is 4.95. The van der Waals surface area contributed by atoms with E-state index in [1.165, 1.54) is 19.4 Å². The van der Waals surface area contributed by atoms with Crippen LogP contribution in [-0.2, 0) is 0 Å². The van der Waals surface area contributed by atoms with Crippen LogP contribution in [0.2, 0.25) is 0 Å². The van der Waals surface area contributed by atoms with Gasteiger partial charge in [0.2, 0.25) is 0 Å². The van der Waals surface area contributed by atoms with E-state index < -0.39 is 0 Å². The van der Waals surface area contributed by atoms with E-state index in [0.29, 0.717) is 17.4 Å². The zero-order chi connectivity index (χ0) is 13.0. The van der Waals surface area contributed by atoms with Gasteiger partial charge in [-0.05, 0) is 39.3 Å². The monoisotopic (exact) mass is 245 g/mol. The molecule has 1 aliphatic rings. The number of hydrogen-bond acceptors (Lipinski definition) is 5. The number of likely N-dealkylation sites (tertiary alicyclic amines) is 1. The topological polar surface area (TPSA) is 64.8 Å². The van der Waals surface area contributed by atoms with E-state index in [0.717, 1.165) is 18.9 Å². The molecule has 96 valence electrons. The summed E-state index contributed by atoms with van der Waals surface area (Å²) >= 11 is 0. The Morgan fingerprint density at radius 3 is 3.11 bits per heavy atom. The Bertz CT molecular complexity index is 451. The largest absolute Gasteiger partial charge is 0.370 e. The minimum atomic E-state index is 0.422. The quantitative estimate of drug-likeness (QED) is 0.872. The van der Waals surface area contributed by atoms with E-state index >= 15 is 0 Å². The molecule has 0 spiro atoms. The first kappa shape index (κ1) is 12.8. The average Bonchev–Trinajstić information content (AvgIpc) is 2.36. The number of anilines is 1. The predicted molar refractivity (Wildman–Crippen MR) is 70.2 cm³/mol. The second-order valence-corrected chi connectivity index (χ2v) is 4.95. The molecule has 1 atom stereocenters. The van der Waals surface area contributed by atoms with Crippen molar-refractivity contribution in [3.63, 3.8) is 0 Å². The maximum atomic E-state index is 8.86. The minimum Gasteiger partial charge on any atom is -0.370 e. The van der Waals surface area contributed by atoms with Crippen molar-refractivity contribution in [1.29, 1.82) is 5.26 Å². The molecule has 1 fully saturated rings. The highest BCUT2D eigenvalue weighted by Crippen LogP contribution is 2.16. The van der Waals surface area contributed by atoms with Gasteiger partial charge in [-0.1, -0.05) is 0 Å². The van der Waals surface area contributed by atoms with E-state index in [1.807, 2.05) is 0 Å². The Morgan fingerprint density at radius 1 is 1.56 bits per heavy atom. The Balaban J connectivity index is 1.93. The Kier molecular flexibility index (Phi) is 4.11. The maximum absolute atomic E-state index is 8.86. The minimum absolute atomic E-state index is 0.422. The third-order valence-corrected chi connectivity index (χ3v) is 3.25. The molecular weight excluding hydrogens is 226 g/mol. The van der Waals surface area contributed by atoms with Crippen LogP contribution in [0.3, 0.4) is 0 Å². The molecule has 1 aliphatic heterocycles. The molecule has 0 amide bonds. The van der Waals surface area contributed by atoms with Crippen molar-refractivity contribution in [1.82, 2.24) is 14.9 Å². The molecule has 1 aromatic rings. The van der Waals surface area contributed by atoms with Crippen LogP contribution in [0.1, 0.15) is 24.4 Å². The van der Waals surface area contributed by atoms with Crippen molar-refractivity contribution < 1.29 is 0 Å². The SMILES string of the molecule is Cc1nc(C#N)cc(NCC2CCCN(C)C2)n1. The number of nitrogens with one attached hydrogen (secondary N) is 1. The van der Waals surface area contributed by atoms with Gasteiger partial charge in [-0.3, -0.25) is 0 Å². The predicted octanol–water partition coefficient (Wildman–Crippen LogP) is 1.41. The summed E-state index contributed by atoms with van der Waals surface area (Å²) in [6.45, 7) is 5.04. The standard InChI is InChI=1S/C13H19N5/c1-10-16-12(7-14)6-13(17-10)15-8-11-4-3-5-18(2)9-11/h6,11H,3-5,8-9H2,1-2H3,(H,15,16,17).